The Morgan fingerprint density at radius 2 is 1.61 bits per heavy atom. The first-order valence-electron chi connectivity index (χ1n) is 12.5. The molecule has 1 N–H and O–H groups in total. The largest absolute Gasteiger partial charge is 0.352 e. The highest BCUT2D eigenvalue weighted by molar-refractivity contribution is 7.92. The van der Waals surface area contributed by atoms with Gasteiger partial charge < -0.3 is 10.2 Å². The molecule has 38 heavy (non-hydrogen) atoms. The molecule has 7 nitrogen and oxygen atoms in total. The smallest absolute Gasteiger partial charge is 0.264 e. The van der Waals surface area contributed by atoms with Crippen molar-refractivity contribution in [3.8, 4) is 0 Å². The second-order valence-corrected chi connectivity index (χ2v) is 11.1. The summed E-state index contributed by atoms with van der Waals surface area (Å²) in [5, 5.41) is 2.86. The number of carbonyl (C=O) groups is 2. The van der Waals surface area contributed by atoms with Crippen molar-refractivity contribution in [2.75, 3.05) is 10.8 Å². The van der Waals surface area contributed by atoms with E-state index < -0.39 is 40.2 Å². The van der Waals surface area contributed by atoms with Crippen LogP contribution >= 0.6 is 0 Å². The molecule has 0 aliphatic rings. The lowest BCUT2D eigenvalue weighted by molar-refractivity contribution is -0.139. The van der Waals surface area contributed by atoms with Crippen molar-refractivity contribution < 1.29 is 22.4 Å². The zero-order valence-corrected chi connectivity index (χ0v) is 22.9. The van der Waals surface area contributed by atoms with Gasteiger partial charge in [-0.15, -0.1) is 0 Å². The number of rotatable bonds is 11. The number of carbonyl (C=O) groups excluding carboxylic acids is 2. The Labute approximate surface area is 224 Å². The fourth-order valence-corrected chi connectivity index (χ4v) is 5.32. The molecule has 0 spiro atoms. The Morgan fingerprint density at radius 1 is 0.947 bits per heavy atom. The summed E-state index contributed by atoms with van der Waals surface area (Å²) in [7, 11) is -4.14. The Morgan fingerprint density at radius 3 is 2.24 bits per heavy atom. The summed E-state index contributed by atoms with van der Waals surface area (Å²) in [4.78, 5) is 28.1. The van der Waals surface area contributed by atoms with Crippen molar-refractivity contribution in [3.63, 3.8) is 0 Å². The molecule has 0 radical (unpaired) electrons. The van der Waals surface area contributed by atoms with Gasteiger partial charge in [-0.1, -0.05) is 55.5 Å². The van der Waals surface area contributed by atoms with Gasteiger partial charge in [-0.2, -0.15) is 0 Å². The molecule has 3 aromatic carbocycles. The number of aryl methyl sites for hydroxylation is 1. The van der Waals surface area contributed by atoms with E-state index in [-0.39, 0.29) is 23.0 Å². The van der Waals surface area contributed by atoms with Crippen molar-refractivity contribution in [1.82, 2.24) is 10.2 Å². The number of sulfonamides is 1. The van der Waals surface area contributed by atoms with Crippen LogP contribution in [0, 0.1) is 12.7 Å². The van der Waals surface area contributed by atoms with Gasteiger partial charge in [0.05, 0.1) is 10.6 Å². The summed E-state index contributed by atoms with van der Waals surface area (Å²) in [5.41, 5.74) is 1.34. The van der Waals surface area contributed by atoms with Crippen LogP contribution in [0.3, 0.4) is 0 Å². The van der Waals surface area contributed by atoms with Gasteiger partial charge in [-0.25, -0.2) is 12.8 Å². The molecule has 0 bridgehead atoms. The Bertz CT molecular complexity index is 1370. The Kier molecular flexibility index (Phi) is 9.63. The van der Waals surface area contributed by atoms with E-state index in [2.05, 4.69) is 5.32 Å². The van der Waals surface area contributed by atoms with Crippen LogP contribution in [0.1, 0.15) is 38.3 Å². The van der Waals surface area contributed by atoms with Gasteiger partial charge in [0.1, 0.15) is 18.4 Å². The van der Waals surface area contributed by atoms with Gasteiger partial charge in [0.15, 0.2) is 0 Å². The Hall–Kier alpha value is -3.72. The number of anilines is 1. The summed E-state index contributed by atoms with van der Waals surface area (Å²) in [6.07, 6.45) is 0.691. The molecule has 0 unspecified atom stereocenters. The molecule has 0 saturated heterocycles. The van der Waals surface area contributed by atoms with E-state index in [4.69, 9.17) is 0 Å². The first-order valence-corrected chi connectivity index (χ1v) is 14.0. The van der Waals surface area contributed by atoms with Crippen molar-refractivity contribution >= 4 is 27.5 Å². The summed E-state index contributed by atoms with van der Waals surface area (Å²) in [5.74, 6) is -1.56. The Balaban J connectivity index is 2.03. The summed E-state index contributed by atoms with van der Waals surface area (Å²) in [6, 6.07) is 19.5. The molecule has 0 aromatic heterocycles. The average Bonchev–Trinajstić information content (AvgIpc) is 2.91. The van der Waals surface area contributed by atoms with Gasteiger partial charge in [0.25, 0.3) is 10.0 Å². The molecule has 0 heterocycles. The van der Waals surface area contributed by atoms with E-state index in [0.717, 1.165) is 9.87 Å². The van der Waals surface area contributed by atoms with Gasteiger partial charge in [-0.05, 0) is 63.1 Å². The highest BCUT2D eigenvalue weighted by atomic mass is 32.2. The first kappa shape index (κ1) is 28.8. The predicted molar refractivity (Wildman–Crippen MR) is 146 cm³/mol. The van der Waals surface area contributed by atoms with E-state index in [1.165, 1.54) is 35.2 Å². The number of nitrogens with one attached hydrogen (secondary N) is 1. The maximum atomic E-state index is 14.6. The van der Waals surface area contributed by atoms with E-state index in [0.29, 0.717) is 12.1 Å². The fourth-order valence-electron chi connectivity index (χ4n) is 3.89. The van der Waals surface area contributed by atoms with Crippen LogP contribution < -0.4 is 9.62 Å². The molecule has 0 fully saturated rings. The standard InChI is InChI=1S/C29H34FN3O4S/c1-5-22(3)31-29(35)23(4)32(19-24-13-9-10-17-27(24)30)28(34)20-33(25-14-11-12-21(2)18-25)38(36,37)26-15-7-6-8-16-26/h6-18,22-23H,5,19-20H2,1-4H3,(H,31,35)/t22-,23+/m1/s1. The third-order valence-electron chi connectivity index (χ3n) is 6.37. The van der Waals surface area contributed by atoms with Gasteiger partial charge in [-0.3, -0.25) is 13.9 Å². The summed E-state index contributed by atoms with van der Waals surface area (Å²) in [6.45, 7) is 6.37. The lowest BCUT2D eigenvalue weighted by Gasteiger charge is -2.32. The predicted octanol–water partition coefficient (Wildman–Crippen LogP) is 4.66. The van der Waals surface area contributed by atoms with Crippen LogP contribution in [0.4, 0.5) is 10.1 Å². The molecular weight excluding hydrogens is 505 g/mol. The summed E-state index contributed by atoms with van der Waals surface area (Å²) >= 11 is 0. The van der Waals surface area contributed by atoms with E-state index >= 15 is 0 Å². The quantitative estimate of drug-likeness (QED) is 0.384. The van der Waals surface area contributed by atoms with Crippen LogP contribution in [0.2, 0.25) is 0 Å². The lowest BCUT2D eigenvalue weighted by atomic mass is 10.1. The van der Waals surface area contributed by atoms with E-state index in [1.807, 2.05) is 26.8 Å². The van der Waals surface area contributed by atoms with E-state index in [1.54, 1.807) is 49.4 Å². The van der Waals surface area contributed by atoms with Gasteiger partial charge in [0.2, 0.25) is 11.8 Å². The van der Waals surface area contributed by atoms with Crippen molar-refractivity contribution in [2.24, 2.45) is 0 Å². The molecule has 202 valence electrons. The number of amides is 2. The topological polar surface area (TPSA) is 86.8 Å². The minimum absolute atomic E-state index is 0.0255. The van der Waals surface area contributed by atoms with Crippen LogP contribution in [0.25, 0.3) is 0 Å². The summed E-state index contributed by atoms with van der Waals surface area (Å²) < 4.78 is 43.1. The number of halogens is 1. The SMILES string of the molecule is CC[C@@H](C)NC(=O)[C@H](C)N(Cc1ccccc1F)C(=O)CN(c1cccc(C)c1)S(=O)(=O)c1ccccc1. The highest BCUT2D eigenvalue weighted by Gasteiger charge is 2.33. The van der Waals surface area contributed by atoms with Crippen molar-refractivity contribution in [2.45, 2.75) is 57.6 Å². The molecule has 3 aromatic rings. The number of hydrogen-bond acceptors (Lipinski definition) is 4. The molecule has 0 aliphatic carbocycles. The van der Waals surface area contributed by atoms with Crippen molar-refractivity contribution in [1.29, 1.82) is 0 Å². The molecule has 2 amide bonds. The van der Waals surface area contributed by atoms with Gasteiger partial charge in [0, 0.05) is 18.2 Å². The van der Waals surface area contributed by atoms with Crippen molar-refractivity contribution in [3.05, 3.63) is 95.8 Å². The highest BCUT2D eigenvalue weighted by Crippen LogP contribution is 2.25. The maximum absolute atomic E-state index is 14.6. The lowest BCUT2D eigenvalue weighted by Crippen LogP contribution is -2.52. The second kappa shape index (κ2) is 12.7. The number of nitrogens with zero attached hydrogens (tertiary/aromatic N) is 2. The zero-order valence-electron chi connectivity index (χ0n) is 22.1. The minimum atomic E-state index is -4.14. The normalized spacial score (nSPS) is 12.9. The molecule has 2 atom stereocenters. The second-order valence-electron chi connectivity index (χ2n) is 9.27. The monoisotopic (exact) mass is 539 g/mol. The fraction of sp³-hybridized carbons (Fsp3) is 0.310. The van der Waals surface area contributed by atoms with Crippen LogP contribution in [-0.2, 0) is 26.2 Å². The molecule has 3 rings (SSSR count). The average molecular weight is 540 g/mol. The van der Waals surface area contributed by atoms with Crippen LogP contribution in [-0.4, -0.2) is 43.8 Å². The van der Waals surface area contributed by atoms with Crippen LogP contribution in [0.15, 0.2) is 83.8 Å². The van der Waals surface area contributed by atoms with Gasteiger partial charge >= 0.3 is 0 Å². The number of hydrogen-bond donors (Lipinski definition) is 1. The zero-order chi connectivity index (χ0) is 27.9. The number of benzene rings is 3. The first-order chi connectivity index (χ1) is 18.0. The molecular formula is C29H34FN3O4S. The third kappa shape index (κ3) is 6.98. The van der Waals surface area contributed by atoms with E-state index in [9.17, 15) is 22.4 Å². The minimum Gasteiger partial charge on any atom is -0.352 e. The van der Waals surface area contributed by atoms with Crippen LogP contribution in [0.5, 0.6) is 0 Å². The molecule has 0 aliphatic heterocycles. The third-order valence-corrected chi connectivity index (χ3v) is 8.15. The molecule has 9 heteroatoms. The maximum Gasteiger partial charge on any atom is 0.264 e. The molecule has 0 saturated carbocycles.